The number of unbranched alkanes of at least 4 members (excludes halogenated alkanes) is 1. The minimum atomic E-state index is -0.910. The Morgan fingerprint density at radius 3 is 2.26 bits per heavy atom. The fourth-order valence-electron chi connectivity index (χ4n) is 4.73. The monoisotopic (exact) mass is 462 g/mol. The maximum atomic E-state index is 12.8. The Morgan fingerprint density at radius 1 is 1.03 bits per heavy atom. The van der Waals surface area contributed by atoms with Crippen molar-refractivity contribution in [3.8, 4) is 11.1 Å². The number of rotatable bonds is 9. The first kappa shape index (κ1) is 23.5. The minimum Gasteiger partial charge on any atom is -0.481 e. The Labute approximate surface area is 199 Å². The normalized spacial score (nSPS) is 19.2. The van der Waals surface area contributed by atoms with Crippen molar-refractivity contribution in [3.63, 3.8) is 0 Å². The summed E-state index contributed by atoms with van der Waals surface area (Å²) in [5, 5.41) is 14.7. The third-order valence-electron chi connectivity index (χ3n) is 6.53. The van der Waals surface area contributed by atoms with Crippen molar-refractivity contribution in [2.75, 3.05) is 6.61 Å². The molecule has 0 bridgehead atoms. The lowest BCUT2D eigenvalue weighted by atomic mass is 9.98. The maximum Gasteiger partial charge on any atom is 0.407 e. The number of alkyl carbamates (subject to hydrolysis) is 1. The Hall–Kier alpha value is -3.61. The molecule has 0 spiro atoms. The SMILES string of the molecule is CCCC[C@H](NC(=O)OCC1c2ccccc2-c2ccccc21)C(=O)NC1C=CC(C(=O)O)C1. The van der Waals surface area contributed by atoms with Crippen LogP contribution in [0.5, 0.6) is 0 Å². The van der Waals surface area contributed by atoms with Crippen molar-refractivity contribution in [1.29, 1.82) is 0 Å². The van der Waals surface area contributed by atoms with Gasteiger partial charge in [-0.1, -0.05) is 80.4 Å². The summed E-state index contributed by atoms with van der Waals surface area (Å²) in [4.78, 5) is 36.7. The van der Waals surface area contributed by atoms with Gasteiger partial charge in [-0.3, -0.25) is 9.59 Å². The van der Waals surface area contributed by atoms with Gasteiger partial charge in [0.25, 0.3) is 0 Å². The Balaban J connectivity index is 1.37. The molecule has 2 aliphatic rings. The van der Waals surface area contributed by atoms with Gasteiger partial charge in [0.1, 0.15) is 12.6 Å². The van der Waals surface area contributed by atoms with Crippen LogP contribution in [0.25, 0.3) is 11.1 Å². The van der Waals surface area contributed by atoms with Crippen LogP contribution < -0.4 is 10.6 Å². The predicted molar refractivity (Wildman–Crippen MR) is 128 cm³/mol. The highest BCUT2D eigenvalue weighted by Gasteiger charge is 2.31. The van der Waals surface area contributed by atoms with Crippen molar-refractivity contribution in [2.45, 2.75) is 50.6 Å². The van der Waals surface area contributed by atoms with E-state index in [9.17, 15) is 14.4 Å². The number of aliphatic carboxylic acids is 1. The standard InChI is InChI=1S/C27H30N2O5/c1-2-3-12-24(25(30)28-18-14-13-17(15-18)26(31)32)29-27(33)34-16-23-21-10-6-4-8-19(21)20-9-5-7-11-22(20)23/h4-11,13-14,17-18,23-24H,2-3,12,15-16H2,1H3,(H,28,30)(H,29,33)(H,31,32)/t17?,18?,24-/m0/s1. The number of benzene rings is 2. The lowest BCUT2D eigenvalue weighted by Gasteiger charge is -2.21. The average molecular weight is 463 g/mol. The molecule has 0 aliphatic heterocycles. The first-order chi connectivity index (χ1) is 16.5. The van der Waals surface area contributed by atoms with E-state index in [0.717, 1.165) is 35.1 Å². The van der Waals surface area contributed by atoms with Crippen LogP contribution in [0.15, 0.2) is 60.7 Å². The van der Waals surface area contributed by atoms with Gasteiger partial charge in [-0.25, -0.2) is 4.79 Å². The number of carboxylic acid groups (broad SMARTS) is 1. The van der Waals surface area contributed by atoms with Crippen LogP contribution in [0.4, 0.5) is 4.79 Å². The molecule has 2 aromatic carbocycles. The number of carbonyl (C=O) groups excluding carboxylic acids is 2. The number of nitrogens with one attached hydrogen (secondary N) is 2. The zero-order chi connectivity index (χ0) is 24.1. The van der Waals surface area contributed by atoms with Crippen LogP contribution >= 0.6 is 0 Å². The molecule has 34 heavy (non-hydrogen) atoms. The van der Waals surface area contributed by atoms with Crippen LogP contribution in [-0.4, -0.2) is 41.8 Å². The molecule has 7 nitrogen and oxygen atoms in total. The molecule has 0 radical (unpaired) electrons. The van der Waals surface area contributed by atoms with Crippen LogP contribution in [0.1, 0.15) is 49.7 Å². The third-order valence-corrected chi connectivity index (χ3v) is 6.53. The van der Waals surface area contributed by atoms with Crippen LogP contribution in [-0.2, 0) is 14.3 Å². The summed E-state index contributed by atoms with van der Waals surface area (Å²) in [6.45, 7) is 2.19. The molecule has 4 rings (SSSR count). The van der Waals surface area contributed by atoms with Crippen molar-refractivity contribution in [3.05, 3.63) is 71.8 Å². The number of amides is 2. The van der Waals surface area contributed by atoms with Gasteiger partial charge in [0.15, 0.2) is 0 Å². The van der Waals surface area contributed by atoms with E-state index in [2.05, 4.69) is 34.9 Å². The van der Waals surface area contributed by atoms with Gasteiger partial charge in [-0.05, 0) is 35.1 Å². The molecule has 0 saturated heterocycles. The molecule has 2 unspecified atom stereocenters. The summed E-state index contributed by atoms with van der Waals surface area (Å²) in [5.74, 6) is -1.90. The fourth-order valence-corrected chi connectivity index (χ4v) is 4.73. The molecule has 178 valence electrons. The molecule has 7 heteroatoms. The summed E-state index contributed by atoms with van der Waals surface area (Å²) in [7, 11) is 0. The topological polar surface area (TPSA) is 105 Å². The maximum absolute atomic E-state index is 12.8. The van der Waals surface area contributed by atoms with Crippen LogP contribution in [0, 0.1) is 5.92 Å². The molecule has 0 aromatic heterocycles. The van der Waals surface area contributed by atoms with E-state index in [4.69, 9.17) is 9.84 Å². The second kappa shape index (κ2) is 10.5. The van der Waals surface area contributed by atoms with Gasteiger partial charge < -0.3 is 20.5 Å². The summed E-state index contributed by atoms with van der Waals surface area (Å²) in [6.07, 6.45) is 5.08. The highest BCUT2D eigenvalue weighted by Crippen LogP contribution is 2.44. The quantitative estimate of drug-likeness (QED) is 0.484. The van der Waals surface area contributed by atoms with Gasteiger partial charge >= 0.3 is 12.1 Å². The van der Waals surface area contributed by atoms with E-state index in [-0.39, 0.29) is 24.5 Å². The number of carboxylic acids is 1. The Kier molecular flexibility index (Phi) is 7.30. The zero-order valence-electron chi connectivity index (χ0n) is 19.2. The molecule has 0 fully saturated rings. The highest BCUT2D eigenvalue weighted by atomic mass is 16.5. The van der Waals surface area contributed by atoms with Gasteiger partial charge in [0.05, 0.1) is 5.92 Å². The lowest BCUT2D eigenvalue weighted by molar-refractivity contribution is -0.140. The van der Waals surface area contributed by atoms with Crippen molar-refractivity contribution in [1.82, 2.24) is 10.6 Å². The minimum absolute atomic E-state index is 0.0577. The summed E-state index contributed by atoms with van der Waals surface area (Å²) in [5.41, 5.74) is 4.55. The molecular weight excluding hydrogens is 432 g/mol. The molecule has 2 amide bonds. The zero-order valence-corrected chi connectivity index (χ0v) is 19.2. The molecular formula is C27H30N2O5. The van der Waals surface area contributed by atoms with E-state index in [1.165, 1.54) is 0 Å². The summed E-state index contributed by atoms with van der Waals surface area (Å²) >= 11 is 0. The van der Waals surface area contributed by atoms with Crippen molar-refractivity contribution in [2.24, 2.45) is 5.92 Å². The Morgan fingerprint density at radius 2 is 1.68 bits per heavy atom. The smallest absolute Gasteiger partial charge is 0.407 e. The van der Waals surface area contributed by atoms with Gasteiger partial charge in [-0.15, -0.1) is 0 Å². The van der Waals surface area contributed by atoms with Gasteiger partial charge in [0, 0.05) is 12.0 Å². The number of carbonyl (C=O) groups is 3. The third kappa shape index (κ3) is 5.14. The number of hydrogen-bond acceptors (Lipinski definition) is 4. The lowest BCUT2D eigenvalue weighted by Crippen LogP contribution is -2.49. The van der Waals surface area contributed by atoms with Gasteiger partial charge in [-0.2, -0.15) is 0 Å². The molecule has 0 heterocycles. The molecule has 3 N–H and O–H groups in total. The molecule has 3 atom stereocenters. The van der Waals surface area contributed by atoms with E-state index in [1.807, 2.05) is 31.2 Å². The van der Waals surface area contributed by atoms with Crippen molar-refractivity contribution >= 4 is 18.0 Å². The first-order valence-corrected chi connectivity index (χ1v) is 11.8. The Bertz CT molecular complexity index is 1050. The molecule has 2 aromatic rings. The summed E-state index contributed by atoms with van der Waals surface area (Å²) in [6, 6.07) is 15.1. The average Bonchev–Trinajstić information content (AvgIpc) is 3.43. The van der Waals surface area contributed by atoms with E-state index in [0.29, 0.717) is 12.8 Å². The molecule has 2 aliphatic carbocycles. The van der Waals surface area contributed by atoms with E-state index < -0.39 is 24.0 Å². The van der Waals surface area contributed by atoms with Crippen LogP contribution in [0.3, 0.4) is 0 Å². The van der Waals surface area contributed by atoms with E-state index in [1.54, 1.807) is 12.2 Å². The van der Waals surface area contributed by atoms with Crippen LogP contribution in [0.2, 0.25) is 0 Å². The van der Waals surface area contributed by atoms with E-state index >= 15 is 0 Å². The van der Waals surface area contributed by atoms with Crippen molar-refractivity contribution < 1.29 is 24.2 Å². The number of fused-ring (bicyclic) bond motifs is 3. The number of hydrogen-bond donors (Lipinski definition) is 3. The number of ether oxygens (including phenoxy) is 1. The highest BCUT2D eigenvalue weighted by molar-refractivity contribution is 5.86. The molecule has 0 saturated carbocycles. The first-order valence-electron chi connectivity index (χ1n) is 11.8. The van der Waals surface area contributed by atoms with Gasteiger partial charge in [0.2, 0.25) is 5.91 Å². The summed E-state index contributed by atoms with van der Waals surface area (Å²) < 4.78 is 5.60. The largest absolute Gasteiger partial charge is 0.481 e. The second-order valence-corrected chi connectivity index (χ2v) is 8.85. The fraction of sp³-hybridized carbons (Fsp3) is 0.370. The second-order valence-electron chi connectivity index (χ2n) is 8.85. The predicted octanol–water partition coefficient (Wildman–Crippen LogP) is 4.23.